The van der Waals surface area contributed by atoms with Crippen LogP contribution in [0.3, 0.4) is 0 Å². The van der Waals surface area contributed by atoms with E-state index in [1.807, 2.05) is 43.1 Å². The number of ether oxygens (including phenoxy) is 2. The predicted octanol–water partition coefficient (Wildman–Crippen LogP) is 2.17. The first-order valence-corrected chi connectivity index (χ1v) is 7.09. The molecule has 1 N–H and O–H groups in total. The number of carbonyl (C=O) groups excluding carboxylic acids is 1. The summed E-state index contributed by atoms with van der Waals surface area (Å²) in [6.07, 6.45) is -0.476. The van der Waals surface area contributed by atoms with Crippen molar-refractivity contribution >= 4 is 12.1 Å². The van der Waals surface area contributed by atoms with Crippen LogP contribution in [0.4, 0.5) is 4.79 Å². The number of amides is 1. The zero-order valence-corrected chi connectivity index (χ0v) is 12.6. The molecule has 1 aliphatic rings. The molecule has 1 amide bonds. The summed E-state index contributed by atoms with van der Waals surface area (Å²) in [4.78, 5) is 17.7. The fraction of sp³-hybridized carbons (Fsp3) is 0.467. The topological polar surface area (TPSA) is 63.2 Å². The summed E-state index contributed by atoms with van der Waals surface area (Å²) in [5, 5.41) is 2.65. The Kier molecular flexibility index (Phi) is 5.03. The van der Waals surface area contributed by atoms with Crippen LogP contribution in [0.5, 0.6) is 5.75 Å². The lowest BCUT2D eigenvalue weighted by Gasteiger charge is -2.23. The standard InChI is InChI=1S/C15H21N3O3/c1-4-20-12-8-6-11(7-9-12)13-10-16-14(18(13)3)17-15(19)21-5-2/h6-9,13H,4-5,10H2,1-3H3,(H,16,17,19). The molecule has 0 aliphatic carbocycles. The fourth-order valence-corrected chi connectivity index (χ4v) is 2.22. The van der Waals surface area contributed by atoms with Crippen LogP contribution in [0.2, 0.25) is 0 Å². The molecule has 6 heteroatoms. The van der Waals surface area contributed by atoms with Crippen LogP contribution in [0.25, 0.3) is 0 Å². The Labute approximate surface area is 124 Å². The molecule has 0 fully saturated rings. The summed E-state index contributed by atoms with van der Waals surface area (Å²) in [5.41, 5.74) is 1.13. The van der Waals surface area contributed by atoms with Gasteiger partial charge in [0.2, 0.25) is 5.96 Å². The van der Waals surface area contributed by atoms with Crippen LogP contribution in [0, 0.1) is 0 Å². The molecule has 0 bridgehead atoms. The molecule has 0 saturated heterocycles. The Morgan fingerprint density at radius 1 is 1.33 bits per heavy atom. The maximum Gasteiger partial charge on any atom is 0.413 e. The Morgan fingerprint density at radius 3 is 2.67 bits per heavy atom. The monoisotopic (exact) mass is 291 g/mol. The number of hydrogen-bond acceptors (Lipinski definition) is 5. The highest BCUT2D eigenvalue weighted by molar-refractivity contribution is 5.94. The Morgan fingerprint density at radius 2 is 2.05 bits per heavy atom. The van der Waals surface area contributed by atoms with E-state index in [1.54, 1.807) is 6.92 Å². The van der Waals surface area contributed by atoms with Crippen LogP contribution < -0.4 is 10.1 Å². The molecule has 1 aliphatic heterocycles. The molecular weight excluding hydrogens is 270 g/mol. The number of aliphatic imine (C=N–C) groups is 1. The number of benzene rings is 1. The molecule has 0 saturated carbocycles. The maximum atomic E-state index is 11.4. The molecule has 0 aromatic heterocycles. The average molecular weight is 291 g/mol. The van der Waals surface area contributed by atoms with E-state index in [0.29, 0.717) is 25.7 Å². The zero-order valence-electron chi connectivity index (χ0n) is 12.6. The lowest BCUT2D eigenvalue weighted by Crippen LogP contribution is -2.40. The van der Waals surface area contributed by atoms with Crippen molar-refractivity contribution in [2.75, 3.05) is 26.8 Å². The van der Waals surface area contributed by atoms with E-state index >= 15 is 0 Å². The SMILES string of the molecule is CCOC(=O)NC1=NCC(c2ccc(OCC)cc2)N1C. The van der Waals surface area contributed by atoms with Gasteiger partial charge in [0.05, 0.1) is 25.8 Å². The van der Waals surface area contributed by atoms with Gasteiger partial charge in [-0.1, -0.05) is 12.1 Å². The van der Waals surface area contributed by atoms with Crippen molar-refractivity contribution < 1.29 is 14.3 Å². The number of hydrogen-bond donors (Lipinski definition) is 1. The molecule has 1 atom stereocenters. The summed E-state index contributed by atoms with van der Waals surface area (Å²) >= 11 is 0. The van der Waals surface area contributed by atoms with E-state index < -0.39 is 6.09 Å². The van der Waals surface area contributed by atoms with Gasteiger partial charge in [-0.05, 0) is 31.5 Å². The van der Waals surface area contributed by atoms with Crippen molar-refractivity contribution in [1.29, 1.82) is 0 Å². The molecule has 2 rings (SSSR count). The van der Waals surface area contributed by atoms with Gasteiger partial charge < -0.3 is 14.4 Å². The molecular formula is C15H21N3O3. The van der Waals surface area contributed by atoms with Crippen molar-refractivity contribution in [2.24, 2.45) is 4.99 Å². The van der Waals surface area contributed by atoms with Crippen molar-refractivity contribution in [1.82, 2.24) is 10.2 Å². The number of nitrogens with one attached hydrogen (secondary N) is 1. The van der Waals surface area contributed by atoms with Crippen molar-refractivity contribution in [3.8, 4) is 5.75 Å². The number of rotatable bonds is 4. The first kappa shape index (κ1) is 15.2. The molecule has 6 nitrogen and oxygen atoms in total. The molecule has 0 radical (unpaired) electrons. The third-order valence-electron chi connectivity index (χ3n) is 3.28. The minimum atomic E-state index is -0.476. The zero-order chi connectivity index (χ0) is 15.2. The number of alkyl carbamates (subject to hydrolysis) is 1. The third kappa shape index (κ3) is 3.65. The number of nitrogens with zero attached hydrogens (tertiary/aromatic N) is 2. The van der Waals surface area contributed by atoms with Crippen LogP contribution in [-0.4, -0.2) is 43.8 Å². The fourth-order valence-electron chi connectivity index (χ4n) is 2.22. The molecule has 21 heavy (non-hydrogen) atoms. The minimum absolute atomic E-state index is 0.109. The van der Waals surface area contributed by atoms with Gasteiger partial charge >= 0.3 is 6.09 Å². The summed E-state index contributed by atoms with van der Waals surface area (Å²) in [7, 11) is 1.90. The Hall–Kier alpha value is -2.24. The van der Waals surface area contributed by atoms with E-state index in [0.717, 1.165) is 11.3 Å². The van der Waals surface area contributed by atoms with Crippen molar-refractivity contribution in [2.45, 2.75) is 19.9 Å². The summed E-state index contributed by atoms with van der Waals surface area (Å²) in [5.74, 6) is 1.39. The van der Waals surface area contributed by atoms with Crippen molar-refractivity contribution in [3.05, 3.63) is 29.8 Å². The van der Waals surface area contributed by atoms with E-state index in [4.69, 9.17) is 9.47 Å². The smallest absolute Gasteiger partial charge is 0.413 e. The number of guanidine groups is 1. The highest BCUT2D eigenvalue weighted by Gasteiger charge is 2.27. The third-order valence-corrected chi connectivity index (χ3v) is 3.28. The van der Waals surface area contributed by atoms with E-state index in [-0.39, 0.29) is 6.04 Å². The van der Waals surface area contributed by atoms with E-state index in [9.17, 15) is 4.79 Å². The summed E-state index contributed by atoms with van der Waals surface area (Å²) < 4.78 is 10.3. The van der Waals surface area contributed by atoms with Crippen LogP contribution in [-0.2, 0) is 4.74 Å². The normalized spacial score (nSPS) is 17.4. The number of carbonyl (C=O) groups is 1. The first-order chi connectivity index (χ1) is 10.2. The van der Waals surface area contributed by atoms with Gasteiger partial charge in [-0.15, -0.1) is 0 Å². The molecule has 1 aromatic rings. The molecule has 1 heterocycles. The predicted molar refractivity (Wildman–Crippen MR) is 80.6 cm³/mol. The Balaban J connectivity index is 1.99. The highest BCUT2D eigenvalue weighted by Crippen LogP contribution is 2.26. The lowest BCUT2D eigenvalue weighted by molar-refractivity contribution is 0.156. The molecule has 1 aromatic carbocycles. The average Bonchev–Trinajstić information content (AvgIpc) is 2.82. The first-order valence-electron chi connectivity index (χ1n) is 7.09. The van der Waals surface area contributed by atoms with Gasteiger partial charge in [0.25, 0.3) is 0 Å². The van der Waals surface area contributed by atoms with Gasteiger partial charge in [-0.2, -0.15) is 0 Å². The quantitative estimate of drug-likeness (QED) is 0.923. The summed E-state index contributed by atoms with van der Waals surface area (Å²) in [6, 6.07) is 8.05. The second-order valence-electron chi connectivity index (χ2n) is 4.64. The molecule has 0 spiro atoms. The molecule has 1 unspecified atom stereocenters. The Bertz CT molecular complexity index is 513. The second-order valence-corrected chi connectivity index (χ2v) is 4.64. The van der Waals surface area contributed by atoms with Gasteiger partial charge in [-0.25, -0.2) is 4.79 Å². The van der Waals surface area contributed by atoms with Gasteiger partial charge in [0.1, 0.15) is 5.75 Å². The van der Waals surface area contributed by atoms with Crippen molar-refractivity contribution in [3.63, 3.8) is 0 Å². The van der Waals surface area contributed by atoms with Crippen LogP contribution >= 0.6 is 0 Å². The number of likely N-dealkylation sites (N-methyl/N-ethyl adjacent to an activating group) is 1. The molecule has 114 valence electrons. The van der Waals surface area contributed by atoms with Gasteiger partial charge in [0.15, 0.2) is 0 Å². The van der Waals surface area contributed by atoms with Gasteiger partial charge in [-0.3, -0.25) is 10.3 Å². The summed E-state index contributed by atoms with van der Waals surface area (Å²) in [6.45, 7) is 5.32. The van der Waals surface area contributed by atoms with Gasteiger partial charge in [0, 0.05) is 7.05 Å². The van der Waals surface area contributed by atoms with E-state index in [2.05, 4.69) is 10.3 Å². The minimum Gasteiger partial charge on any atom is -0.494 e. The maximum absolute atomic E-state index is 11.4. The highest BCUT2D eigenvalue weighted by atomic mass is 16.5. The van der Waals surface area contributed by atoms with E-state index in [1.165, 1.54) is 0 Å². The van der Waals surface area contributed by atoms with Crippen LogP contribution in [0.1, 0.15) is 25.5 Å². The van der Waals surface area contributed by atoms with Crippen LogP contribution in [0.15, 0.2) is 29.3 Å². The largest absolute Gasteiger partial charge is 0.494 e. The lowest BCUT2D eigenvalue weighted by atomic mass is 10.1. The second kappa shape index (κ2) is 6.97.